The Balaban J connectivity index is 2.07. The maximum Gasteiger partial charge on any atom is 0.240 e. The lowest BCUT2D eigenvalue weighted by Gasteiger charge is -2.12. The molecule has 0 aromatic heterocycles. The fraction of sp³-hybridized carbons (Fsp3) is 0.500. The predicted octanol–water partition coefficient (Wildman–Crippen LogP) is 1.16. The fourth-order valence-corrected chi connectivity index (χ4v) is 3.06. The van der Waals surface area contributed by atoms with E-state index in [2.05, 4.69) is 10.0 Å². The second kappa shape index (κ2) is 5.34. The third kappa shape index (κ3) is 3.07. The minimum absolute atomic E-state index is 0.0244. The van der Waals surface area contributed by atoms with Crippen LogP contribution in [0.1, 0.15) is 18.4 Å². The molecule has 1 aliphatic heterocycles. The predicted molar refractivity (Wildman–Crippen MR) is 67.4 cm³/mol. The van der Waals surface area contributed by atoms with Gasteiger partial charge in [0.1, 0.15) is 5.82 Å². The van der Waals surface area contributed by atoms with Crippen molar-refractivity contribution < 1.29 is 12.8 Å². The zero-order chi connectivity index (χ0) is 13.2. The van der Waals surface area contributed by atoms with Gasteiger partial charge in [0.2, 0.25) is 10.0 Å². The molecular formula is C12H17FN2O2S. The highest BCUT2D eigenvalue weighted by molar-refractivity contribution is 7.89. The fourth-order valence-electron chi connectivity index (χ4n) is 1.97. The van der Waals surface area contributed by atoms with Crippen LogP contribution in [0.2, 0.25) is 0 Å². The molecule has 2 rings (SSSR count). The molecule has 1 fully saturated rings. The summed E-state index contributed by atoms with van der Waals surface area (Å²) in [4.78, 5) is -0.0244. The topological polar surface area (TPSA) is 58.2 Å². The van der Waals surface area contributed by atoms with Gasteiger partial charge in [0.25, 0.3) is 0 Å². The maximum atomic E-state index is 13.3. The Bertz CT molecular complexity index is 525. The molecule has 1 aromatic rings. The Hall–Kier alpha value is -0.980. The van der Waals surface area contributed by atoms with Crippen LogP contribution in [0.25, 0.3) is 0 Å². The Morgan fingerprint density at radius 1 is 1.50 bits per heavy atom. The third-order valence-corrected chi connectivity index (χ3v) is 4.56. The van der Waals surface area contributed by atoms with E-state index in [-0.39, 0.29) is 10.9 Å². The molecule has 0 spiro atoms. The van der Waals surface area contributed by atoms with E-state index in [1.165, 1.54) is 12.1 Å². The summed E-state index contributed by atoms with van der Waals surface area (Å²) in [5.74, 6) is -0.503. The average molecular weight is 272 g/mol. The van der Waals surface area contributed by atoms with Gasteiger partial charge in [-0.15, -0.1) is 0 Å². The normalized spacial score (nSPS) is 20.2. The molecule has 4 nitrogen and oxygen atoms in total. The molecule has 0 radical (unpaired) electrons. The summed E-state index contributed by atoms with van der Waals surface area (Å²) >= 11 is 0. The van der Waals surface area contributed by atoms with Crippen LogP contribution in [0.15, 0.2) is 23.1 Å². The number of halogens is 1. The Morgan fingerprint density at radius 3 is 2.89 bits per heavy atom. The number of hydrogen-bond acceptors (Lipinski definition) is 3. The number of rotatable bonds is 4. The molecule has 1 heterocycles. The van der Waals surface area contributed by atoms with Gasteiger partial charge in [-0.3, -0.25) is 0 Å². The van der Waals surface area contributed by atoms with E-state index in [0.717, 1.165) is 25.5 Å². The highest BCUT2D eigenvalue weighted by Gasteiger charge is 2.19. The molecule has 2 N–H and O–H groups in total. The van der Waals surface area contributed by atoms with Crippen molar-refractivity contribution in [2.45, 2.75) is 30.7 Å². The summed E-state index contributed by atoms with van der Waals surface area (Å²) in [5, 5.41) is 3.20. The molecule has 18 heavy (non-hydrogen) atoms. The second-order valence-corrected chi connectivity index (χ2v) is 6.32. The second-order valence-electron chi connectivity index (χ2n) is 4.56. The summed E-state index contributed by atoms with van der Waals surface area (Å²) in [6.07, 6.45) is 2.02. The smallest absolute Gasteiger partial charge is 0.240 e. The van der Waals surface area contributed by atoms with E-state index in [9.17, 15) is 12.8 Å². The van der Waals surface area contributed by atoms with Gasteiger partial charge in [0.05, 0.1) is 4.90 Å². The van der Waals surface area contributed by atoms with Crippen molar-refractivity contribution >= 4 is 10.0 Å². The Labute approximate surface area is 107 Å². The van der Waals surface area contributed by atoms with Crippen LogP contribution in [-0.2, 0) is 10.0 Å². The zero-order valence-electron chi connectivity index (χ0n) is 10.2. The largest absolute Gasteiger partial charge is 0.313 e. The van der Waals surface area contributed by atoms with Crippen LogP contribution >= 0.6 is 0 Å². The van der Waals surface area contributed by atoms with Gasteiger partial charge in [0, 0.05) is 12.6 Å². The lowest BCUT2D eigenvalue weighted by atomic mass is 10.2. The van der Waals surface area contributed by atoms with E-state index in [4.69, 9.17) is 0 Å². The number of sulfonamides is 1. The van der Waals surface area contributed by atoms with E-state index in [1.807, 2.05) is 0 Å². The first kappa shape index (κ1) is 13.5. The van der Waals surface area contributed by atoms with Gasteiger partial charge in [-0.2, -0.15) is 0 Å². The summed E-state index contributed by atoms with van der Waals surface area (Å²) in [6, 6.07) is 4.12. The number of benzene rings is 1. The van der Waals surface area contributed by atoms with Crippen molar-refractivity contribution in [1.82, 2.24) is 10.0 Å². The molecule has 0 bridgehead atoms. The van der Waals surface area contributed by atoms with Crippen molar-refractivity contribution in [2.75, 3.05) is 13.1 Å². The molecule has 1 saturated heterocycles. The minimum Gasteiger partial charge on any atom is -0.313 e. The maximum absolute atomic E-state index is 13.3. The van der Waals surface area contributed by atoms with Crippen LogP contribution in [-0.4, -0.2) is 27.5 Å². The first-order valence-corrected chi connectivity index (χ1v) is 7.46. The van der Waals surface area contributed by atoms with Crippen LogP contribution in [0.5, 0.6) is 0 Å². The van der Waals surface area contributed by atoms with Gasteiger partial charge in [-0.1, -0.05) is 6.07 Å². The number of hydrogen-bond donors (Lipinski definition) is 2. The van der Waals surface area contributed by atoms with Gasteiger partial charge in [-0.05, 0) is 44.0 Å². The van der Waals surface area contributed by atoms with Gasteiger partial charge in [0.15, 0.2) is 0 Å². The SMILES string of the molecule is Cc1ccc(S(=O)(=O)NC[C@@H]2CCCN2)cc1F. The quantitative estimate of drug-likeness (QED) is 0.865. The number of nitrogens with one attached hydrogen (secondary N) is 2. The van der Waals surface area contributed by atoms with E-state index >= 15 is 0 Å². The highest BCUT2D eigenvalue weighted by Crippen LogP contribution is 2.14. The molecule has 0 aliphatic carbocycles. The van der Waals surface area contributed by atoms with Crippen molar-refractivity contribution in [1.29, 1.82) is 0 Å². The van der Waals surface area contributed by atoms with Crippen LogP contribution in [0.4, 0.5) is 4.39 Å². The van der Waals surface area contributed by atoms with Crippen LogP contribution < -0.4 is 10.0 Å². The first-order valence-electron chi connectivity index (χ1n) is 5.98. The van der Waals surface area contributed by atoms with Crippen molar-refractivity contribution in [3.63, 3.8) is 0 Å². The molecule has 0 saturated carbocycles. The molecule has 1 atom stereocenters. The highest BCUT2D eigenvalue weighted by atomic mass is 32.2. The lowest BCUT2D eigenvalue weighted by molar-refractivity contribution is 0.550. The van der Waals surface area contributed by atoms with Crippen LogP contribution in [0.3, 0.4) is 0 Å². The number of aryl methyl sites for hydroxylation is 1. The van der Waals surface area contributed by atoms with Gasteiger partial charge in [-0.25, -0.2) is 17.5 Å². The molecule has 0 unspecified atom stereocenters. The molecule has 0 amide bonds. The van der Waals surface area contributed by atoms with Gasteiger partial charge >= 0.3 is 0 Å². The van der Waals surface area contributed by atoms with Gasteiger partial charge < -0.3 is 5.32 Å². The van der Waals surface area contributed by atoms with E-state index < -0.39 is 15.8 Å². The van der Waals surface area contributed by atoms with Crippen molar-refractivity contribution in [3.05, 3.63) is 29.6 Å². The Kier molecular flexibility index (Phi) is 3.99. The Morgan fingerprint density at radius 2 is 2.28 bits per heavy atom. The average Bonchev–Trinajstić information content (AvgIpc) is 2.83. The summed E-state index contributed by atoms with van der Waals surface area (Å²) in [7, 11) is -3.62. The molecule has 1 aliphatic rings. The van der Waals surface area contributed by atoms with Crippen molar-refractivity contribution in [3.8, 4) is 0 Å². The molecule has 100 valence electrons. The minimum atomic E-state index is -3.62. The third-order valence-electron chi connectivity index (χ3n) is 3.14. The summed E-state index contributed by atoms with van der Waals surface area (Å²) in [5.41, 5.74) is 0.436. The standard InChI is InChI=1S/C12H17FN2O2S/c1-9-4-5-11(7-12(9)13)18(16,17)15-8-10-3-2-6-14-10/h4-5,7,10,14-15H,2-3,6,8H2,1H3/t10-/m0/s1. The zero-order valence-corrected chi connectivity index (χ0v) is 11.1. The molecule has 1 aromatic carbocycles. The molecule has 6 heteroatoms. The van der Waals surface area contributed by atoms with E-state index in [1.54, 1.807) is 6.92 Å². The summed E-state index contributed by atoms with van der Waals surface area (Å²) < 4.78 is 39.7. The van der Waals surface area contributed by atoms with Crippen LogP contribution in [0, 0.1) is 12.7 Å². The summed E-state index contributed by atoms with van der Waals surface area (Å²) in [6.45, 7) is 2.87. The first-order chi connectivity index (χ1) is 8.49. The van der Waals surface area contributed by atoms with E-state index in [0.29, 0.717) is 12.1 Å². The van der Waals surface area contributed by atoms with Crippen molar-refractivity contribution in [2.24, 2.45) is 0 Å². The lowest BCUT2D eigenvalue weighted by Crippen LogP contribution is -2.37. The molecular weight excluding hydrogens is 255 g/mol. The monoisotopic (exact) mass is 272 g/mol.